The first-order valence-corrected chi connectivity index (χ1v) is 6.99. The van der Waals surface area contributed by atoms with Gasteiger partial charge in [-0.15, -0.1) is 0 Å². The normalized spacial score (nSPS) is 17.6. The van der Waals surface area contributed by atoms with Gasteiger partial charge in [-0.3, -0.25) is 14.6 Å². The zero-order valence-corrected chi connectivity index (χ0v) is 12.0. The van der Waals surface area contributed by atoms with E-state index in [1.807, 2.05) is 0 Å². The topological polar surface area (TPSA) is 64.0 Å². The molecule has 1 fully saturated rings. The van der Waals surface area contributed by atoms with Crippen molar-refractivity contribution in [2.75, 3.05) is 32.7 Å². The predicted octanol–water partition coefficient (Wildman–Crippen LogP) is 1.31. The van der Waals surface area contributed by atoms with Crippen LogP contribution in [0.1, 0.15) is 24.2 Å². The molecule has 2 rings (SSSR count). The summed E-state index contributed by atoms with van der Waals surface area (Å²) in [7, 11) is 0. The first-order chi connectivity index (χ1) is 9.47. The van der Waals surface area contributed by atoms with Crippen LogP contribution in [0.15, 0.2) is 18.2 Å². The molecule has 20 heavy (non-hydrogen) atoms. The Morgan fingerprint density at radius 2 is 1.85 bits per heavy atom. The highest BCUT2D eigenvalue weighted by Gasteiger charge is 2.21. The number of hydrogen-bond donors (Lipinski definition) is 2. The molecule has 1 aliphatic heterocycles. The van der Waals surface area contributed by atoms with Crippen LogP contribution in [0, 0.1) is 0 Å². The number of carbonyl (C=O) groups excluding carboxylic acids is 1. The number of rotatable bonds is 4. The van der Waals surface area contributed by atoms with Gasteiger partial charge in [0.05, 0.1) is 12.1 Å². The maximum Gasteiger partial charge on any atom is 0.180 e. The van der Waals surface area contributed by atoms with Crippen molar-refractivity contribution >= 4 is 5.78 Å². The van der Waals surface area contributed by atoms with Crippen LogP contribution in [-0.4, -0.2) is 64.6 Å². The van der Waals surface area contributed by atoms with Crippen LogP contribution in [0.3, 0.4) is 0 Å². The third kappa shape index (κ3) is 3.49. The Morgan fingerprint density at radius 3 is 2.40 bits per heavy atom. The fourth-order valence-corrected chi connectivity index (χ4v) is 2.48. The van der Waals surface area contributed by atoms with Crippen molar-refractivity contribution in [2.45, 2.75) is 19.9 Å². The molecule has 1 saturated heterocycles. The van der Waals surface area contributed by atoms with Crippen molar-refractivity contribution in [2.24, 2.45) is 0 Å². The van der Waals surface area contributed by atoms with Crippen LogP contribution in [0.2, 0.25) is 0 Å². The molecule has 1 aliphatic rings. The molecular formula is C15H22N2O3. The quantitative estimate of drug-likeness (QED) is 0.813. The van der Waals surface area contributed by atoms with Crippen LogP contribution in [0.25, 0.3) is 0 Å². The highest BCUT2D eigenvalue weighted by Crippen LogP contribution is 2.23. The van der Waals surface area contributed by atoms with Gasteiger partial charge in [0.25, 0.3) is 0 Å². The zero-order chi connectivity index (χ0) is 14.7. The lowest BCUT2D eigenvalue weighted by Crippen LogP contribution is -2.50. The Hall–Kier alpha value is -1.59. The summed E-state index contributed by atoms with van der Waals surface area (Å²) in [6.45, 7) is 8.32. The van der Waals surface area contributed by atoms with Gasteiger partial charge in [-0.2, -0.15) is 0 Å². The smallest absolute Gasteiger partial charge is 0.180 e. The van der Waals surface area contributed by atoms with Crippen LogP contribution in [0.4, 0.5) is 0 Å². The Kier molecular flexibility index (Phi) is 4.62. The van der Waals surface area contributed by atoms with E-state index in [0.717, 1.165) is 26.2 Å². The van der Waals surface area contributed by atoms with E-state index in [-0.39, 0.29) is 22.8 Å². The van der Waals surface area contributed by atoms with Gasteiger partial charge >= 0.3 is 0 Å². The molecule has 2 N–H and O–H groups in total. The predicted molar refractivity (Wildman–Crippen MR) is 77.3 cm³/mol. The van der Waals surface area contributed by atoms with Crippen LogP contribution in [-0.2, 0) is 0 Å². The first kappa shape index (κ1) is 14.8. The number of Topliss-reactive ketones (excluding diaryl/α,β-unsaturated/α-hetero) is 1. The van der Waals surface area contributed by atoms with Crippen molar-refractivity contribution in [1.29, 1.82) is 0 Å². The fraction of sp³-hybridized carbons (Fsp3) is 0.533. The number of hydrogen-bond acceptors (Lipinski definition) is 5. The number of carbonyl (C=O) groups is 1. The molecule has 1 heterocycles. The van der Waals surface area contributed by atoms with E-state index in [2.05, 4.69) is 23.6 Å². The molecule has 5 heteroatoms. The molecule has 0 unspecified atom stereocenters. The second-order valence-electron chi connectivity index (χ2n) is 5.53. The van der Waals surface area contributed by atoms with Crippen LogP contribution in [0.5, 0.6) is 11.5 Å². The highest BCUT2D eigenvalue weighted by atomic mass is 16.3. The number of nitrogens with zero attached hydrogens (tertiary/aromatic N) is 2. The molecule has 0 saturated carbocycles. The van der Waals surface area contributed by atoms with E-state index in [4.69, 9.17) is 0 Å². The number of phenolic OH excluding ortho intramolecular Hbond substituents is 2. The van der Waals surface area contributed by atoms with Crippen molar-refractivity contribution in [1.82, 2.24) is 9.80 Å². The van der Waals surface area contributed by atoms with E-state index in [1.165, 1.54) is 18.2 Å². The van der Waals surface area contributed by atoms with Crippen molar-refractivity contribution in [3.05, 3.63) is 23.8 Å². The van der Waals surface area contributed by atoms with Gasteiger partial charge in [-0.25, -0.2) is 0 Å². The average Bonchev–Trinajstić information content (AvgIpc) is 2.39. The molecule has 0 radical (unpaired) electrons. The molecule has 1 aromatic rings. The molecule has 0 amide bonds. The lowest BCUT2D eigenvalue weighted by Gasteiger charge is -2.36. The molecule has 5 nitrogen and oxygen atoms in total. The largest absolute Gasteiger partial charge is 0.508 e. The molecule has 0 aliphatic carbocycles. The lowest BCUT2D eigenvalue weighted by molar-refractivity contribution is 0.0805. The van der Waals surface area contributed by atoms with Gasteiger partial charge in [0.15, 0.2) is 5.78 Å². The maximum atomic E-state index is 12.2. The van der Waals surface area contributed by atoms with Gasteiger partial charge in [0.1, 0.15) is 11.5 Å². The van der Waals surface area contributed by atoms with Gasteiger partial charge in [-0.05, 0) is 26.0 Å². The van der Waals surface area contributed by atoms with E-state index in [0.29, 0.717) is 12.6 Å². The number of benzene rings is 1. The van der Waals surface area contributed by atoms with Crippen molar-refractivity contribution in [3.8, 4) is 11.5 Å². The minimum absolute atomic E-state index is 0.0374. The Morgan fingerprint density at radius 1 is 1.20 bits per heavy atom. The monoisotopic (exact) mass is 278 g/mol. The van der Waals surface area contributed by atoms with E-state index >= 15 is 0 Å². The van der Waals surface area contributed by atoms with Gasteiger partial charge in [0, 0.05) is 38.3 Å². The molecule has 0 aromatic heterocycles. The van der Waals surface area contributed by atoms with Gasteiger partial charge in [0.2, 0.25) is 0 Å². The Bertz CT molecular complexity index is 480. The zero-order valence-electron chi connectivity index (χ0n) is 12.0. The second-order valence-corrected chi connectivity index (χ2v) is 5.53. The molecule has 0 spiro atoms. The van der Waals surface area contributed by atoms with Gasteiger partial charge in [-0.1, -0.05) is 0 Å². The van der Waals surface area contributed by atoms with Crippen LogP contribution >= 0.6 is 0 Å². The summed E-state index contributed by atoms with van der Waals surface area (Å²) in [6.07, 6.45) is 0. The third-order valence-electron chi connectivity index (χ3n) is 3.79. The summed E-state index contributed by atoms with van der Waals surface area (Å²) in [4.78, 5) is 16.7. The van der Waals surface area contributed by atoms with Gasteiger partial charge < -0.3 is 10.2 Å². The molecule has 0 bridgehead atoms. The number of aromatic hydroxyl groups is 2. The van der Waals surface area contributed by atoms with Crippen molar-refractivity contribution in [3.63, 3.8) is 0 Å². The maximum absolute atomic E-state index is 12.2. The summed E-state index contributed by atoms with van der Waals surface area (Å²) in [5.41, 5.74) is 0.272. The summed E-state index contributed by atoms with van der Waals surface area (Å²) in [5.74, 6) is -0.305. The summed E-state index contributed by atoms with van der Waals surface area (Å²) >= 11 is 0. The summed E-state index contributed by atoms with van der Waals surface area (Å²) < 4.78 is 0. The van der Waals surface area contributed by atoms with E-state index in [9.17, 15) is 15.0 Å². The summed E-state index contributed by atoms with van der Waals surface area (Å²) in [6, 6.07) is 4.62. The van der Waals surface area contributed by atoms with Crippen LogP contribution < -0.4 is 0 Å². The van der Waals surface area contributed by atoms with E-state index in [1.54, 1.807) is 0 Å². The Labute approximate surface area is 119 Å². The number of piperazine rings is 1. The number of ketones is 1. The second kappa shape index (κ2) is 6.24. The molecule has 0 atom stereocenters. The summed E-state index contributed by atoms with van der Waals surface area (Å²) in [5, 5.41) is 18.9. The SMILES string of the molecule is CC(C)N1CCN(CC(=O)c2ccc(O)cc2O)CC1. The minimum Gasteiger partial charge on any atom is -0.508 e. The van der Waals surface area contributed by atoms with E-state index < -0.39 is 0 Å². The molecule has 110 valence electrons. The lowest BCUT2D eigenvalue weighted by atomic mass is 10.1. The standard InChI is InChI=1S/C15H22N2O3/c1-11(2)17-7-5-16(6-8-17)10-15(20)13-4-3-12(18)9-14(13)19/h3-4,9,11,18-19H,5-8,10H2,1-2H3. The third-order valence-corrected chi connectivity index (χ3v) is 3.79. The molecule has 1 aromatic carbocycles. The first-order valence-electron chi connectivity index (χ1n) is 6.99. The fourth-order valence-electron chi connectivity index (χ4n) is 2.48. The molecular weight excluding hydrogens is 256 g/mol. The average molecular weight is 278 g/mol. The highest BCUT2D eigenvalue weighted by molar-refractivity contribution is 6.00. The minimum atomic E-state index is -0.157. The Balaban J connectivity index is 1.92. The van der Waals surface area contributed by atoms with Crippen molar-refractivity contribution < 1.29 is 15.0 Å². The number of phenols is 2.